The minimum Gasteiger partial charge on any atom is -0.444 e. The van der Waals surface area contributed by atoms with Gasteiger partial charge in [0.25, 0.3) is 0 Å². The molecule has 2 saturated heterocycles. The largest absolute Gasteiger partial charge is 0.444 e. The highest BCUT2D eigenvalue weighted by molar-refractivity contribution is 6.03. The van der Waals surface area contributed by atoms with Crippen molar-refractivity contribution < 1.29 is 19.1 Å². The first-order valence-electron chi connectivity index (χ1n) is 16.9. The summed E-state index contributed by atoms with van der Waals surface area (Å²) in [7, 11) is 0. The topological polar surface area (TPSA) is 100 Å². The van der Waals surface area contributed by atoms with Crippen LogP contribution in [0.4, 0.5) is 9.59 Å². The summed E-state index contributed by atoms with van der Waals surface area (Å²) in [4.78, 5) is 41.7. The van der Waals surface area contributed by atoms with Crippen LogP contribution in [0.3, 0.4) is 0 Å². The Labute approximate surface area is 283 Å². The van der Waals surface area contributed by atoms with Crippen molar-refractivity contribution in [1.29, 1.82) is 0 Å². The SMILES string of the molecule is CC(C)(C)OC(=O)N1CCC[C@H]1C1=NC=C(c2ccc(-c3ccc(C#Cc4cnc([C@@H]5CCCN5C(=O)OC(C)(C)C)[nH]4)cc3)cc2)C1. The first kappa shape index (κ1) is 33.1. The van der Waals surface area contributed by atoms with Crippen LogP contribution >= 0.6 is 0 Å². The third kappa shape index (κ3) is 7.82. The minimum atomic E-state index is -0.541. The number of ether oxygens (including phenoxy) is 2. The van der Waals surface area contributed by atoms with E-state index in [0.29, 0.717) is 18.8 Å². The molecule has 0 unspecified atom stereocenters. The molecule has 0 saturated carbocycles. The van der Waals surface area contributed by atoms with Crippen LogP contribution in [0, 0.1) is 11.8 Å². The summed E-state index contributed by atoms with van der Waals surface area (Å²) in [6.45, 7) is 12.7. The molecule has 6 rings (SSSR count). The monoisotopic (exact) mass is 647 g/mol. The minimum absolute atomic E-state index is 0.00775. The third-order valence-corrected chi connectivity index (χ3v) is 8.63. The molecule has 0 radical (unpaired) electrons. The first-order chi connectivity index (χ1) is 22.8. The molecule has 3 aliphatic rings. The molecule has 1 aromatic heterocycles. The van der Waals surface area contributed by atoms with E-state index < -0.39 is 11.2 Å². The normalized spacial score (nSPS) is 19.5. The van der Waals surface area contributed by atoms with Gasteiger partial charge in [0.1, 0.15) is 22.7 Å². The maximum absolute atomic E-state index is 12.8. The lowest BCUT2D eigenvalue weighted by Gasteiger charge is -2.28. The average molecular weight is 648 g/mol. The number of nitrogens with zero attached hydrogens (tertiary/aromatic N) is 4. The number of imidazole rings is 1. The smallest absolute Gasteiger partial charge is 0.410 e. The quantitative estimate of drug-likeness (QED) is 0.288. The van der Waals surface area contributed by atoms with Gasteiger partial charge in [0, 0.05) is 37.0 Å². The number of aromatic amines is 1. The van der Waals surface area contributed by atoms with Gasteiger partial charge in [0.15, 0.2) is 0 Å². The summed E-state index contributed by atoms with van der Waals surface area (Å²) in [5, 5.41) is 0. The predicted molar refractivity (Wildman–Crippen MR) is 187 cm³/mol. The predicted octanol–water partition coefficient (Wildman–Crippen LogP) is 8.13. The van der Waals surface area contributed by atoms with Gasteiger partial charge in [-0.1, -0.05) is 42.3 Å². The van der Waals surface area contributed by atoms with E-state index in [9.17, 15) is 9.59 Å². The molecule has 1 N–H and O–H groups in total. The zero-order valence-corrected chi connectivity index (χ0v) is 28.8. The van der Waals surface area contributed by atoms with Crippen LogP contribution in [0.15, 0.2) is 65.9 Å². The number of H-pyrrole nitrogens is 1. The van der Waals surface area contributed by atoms with E-state index in [-0.39, 0.29) is 24.3 Å². The second-order valence-electron chi connectivity index (χ2n) is 14.7. The molecule has 48 heavy (non-hydrogen) atoms. The summed E-state index contributed by atoms with van der Waals surface area (Å²) in [5.41, 5.74) is 6.09. The number of likely N-dealkylation sites (tertiary alicyclic amines) is 2. The number of amides is 2. The van der Waals surface area contributed by atoms with Crippen molar-refractivity contribution in [3.63, 3.8) is 0 Å². The fourth-order valence-electron chi connectivity index (χ4n) is 6.40. The molecule has 0 aliphatic carbocycles. The summed E-state index contributed by atoms with van der Waals surface area (Å²) >= 11 is 0. The second kappa shape index (κ2) is 13.3. The van der Waals surface area contributed by atoms with Gasteiger partial charge in [-0.3, -0.25) is 14.8 Å². The van der Waals surface area contributed by atoms with Gasteiger partial charge in [-0.2, -0.15) is 0 Å². The molecular formula is C39H45N5O4. The lowest BCUT2D eigenvalue weighted by molar-refractivity contribution is 0.0216. The summed E-state index contributed by atoms with van der Waals surface area (Å²) in [6.07, 6.45) is 7.44. The van der Waals surface area contributed by atoms with E-state index in [1.807, 2.05) is 64.8 Å². The zero-order valence-electron chi connectivity index (χ0n) is 28.8. The highest BCUT2D eigenvalue weighted by atomic mass is 16.6. The number of benzene rings is 2. The van der Waals surface area contributed by atoms with Crippen molar-refractivity contribution >= 4 is 23.5 Å². The molecule has 2 amide bonds. The van der Waals surface area contributed by atoms with Gasteiger partial charge < -0.3 is 14.5 Å². The van der Waals surface area contributed by atoms with Crippen LogP contribution in [-0.2, 0) is 9.47 Å². The van der Waals surface area contributed by atoms with Crippen molar-refractivity contribution in [3.05, 3.63) is 83.6 Å². The number of carbonyl (C=O) groups is 2. The van der Waals surface area contributed by atoms with Crippen molar-refractivity contribution in [2.24, 2.45) is 4.99 Å². The van der Waals surface area contributed by atoms with Crippen LogP contribution in [0.2, 0.25) is 0 Å². The Kier molecular flexibility index (Phi) is 9.20. The van der Waals surface area contributed by atoms with Gasteiger partial charge in [-0.15, -0.1) is 0 Å². The summed E-state index contributed by atoms with van der Waals surface area (Å²) in [5.74, 6) is 7.14. The molecule has 0 bridgehead atoms. The standard InChI is InChI=1S/C39H45N5O4/c1-38(2,3)47-36(45)43-21-7-9-33(43)32-23-30(24-40-32)29-18-16-28(17-19-29)27-14-11-26(12-15-27)13-20-31-25-41-35(42-31)34-10-8-22-44(34)37(46)48-39(4,5)6/h11-12,14-19,24-25,33-34H,7-10,21-23H2,1-6H3,(H,41,42)/t33-,34-/m0/s1. The Morgan fingerprint density at radius 1 is 0.771 bits per heavy atom. The Bertz CT molecular complexity index is 1780. The Balaban J connectivity index is 1.05. The van der Waals surface area contributed by atoms with Gasteiger partial charge in [-0.25, -0.2) is 14.6 Å². The van der Waals surface area contributed by atoms with E-state index >= 15 is 0 Å². The molecule has 2 atom stereocenters. The van der Waals surface area contributed by atoms with Crippen LogP contribution in [-0.4, -0.2) is 68.0 Å². The third-order valence-electron chi connectivity index (χ3n) is 8.63. The van der Waals surface area contributed by atoms with E-state index in [1.165, 1.54) is 0 Å². The zero-order chi connectivity index (χ0) is 34.1. The van der Waals surface area contributed by atoms with E-state index in [4.69, 9.17) is 14.5 Å². The van der Waals surface area contributed by atoms with Crippen molar-refractivity contribution in [2.45, 2.75) is 96.9 Å². The number of carbonyl (C=O) groups excluding carboxylic acids is 2. The van der Waals surface area contributed by atoms with E-state index in [0.717, 1.165) is 71.5 Å². The number of hydrogen-bond acceptors (Lipinski definition) is 6. The highest BCUT2D eigenvalue weighted by Gasteiger charge is 2.37. The molecular weight excluding hydrogens is 602 g/mol. The molecule has 2 fully saturated rings. The fraction of sp³-hybridized carbons (Fsp3) is 0.436. The number of nitrogens with one attached hydrogen (secondary N) is 1. The van der Waals surface area contributed by atoms with Crippen molar-refractivity contribution in [3.8, 4) is 23.0 Å². The highest BCUT2D eigenvalue weighted by Crippen LogP contribution is 2.33. The van der Waals surface area contributed by atoms with Gasteiger partial charge >= 0.3 is 12.2 Å². The number of aromatic nitrogens is 2. The van der Waals surface area contributed by atoms with Crippen molar-refractivity contribution in [1.82, 2.24) is 19.8 Å². The van der Waals surface area contributed by atoms with Gasteiger partial charge in [0.05, 0.1) is 18.3 Å². The lowest BCUT2D eigenvalue weighted by atomic mass is 9.96. The molecule has 3 aliphatic heterocycles. The van der Waals surface area contributed by atoms with E-state index in [1.54, 1.807) is 11.1 Å². The van der Waals surface area contributed by atoms with Crippen LogP contribution in [0.25, 0.3) is 16.7 Å². The molecule has 0 spiro atoms. The van der Waals surface area contributed by atoms with E-state index in [2.05, 4.69) is 58.2 Å². The number of allylic oxidation sites excluding steroid dienone is 1. The van der Waals surface area contributed by atoms with Gasteiger partial charge in [0.2, 0.25) is 0 Å². The van der Waals surface area contributed by atoms with Crippen LogP contribution in [0.5, 0.6) is 0 Å². The number of aliphatic imine (C=N–C) groups is 1. The first-order valence-corrected chi connectivity index (χ1v) is 16.9. The summed E-state index contributed by atoms with van der Waals surface area (Å²) in [6, 6.07) is 16.6. The maximum atomic E-state index is 12.8. The Morgan fingerprint density at radius 2 is 1.31 bits per heavy atom. The molecule has 9 heteroatoms. The second-order valence-corrected chi connectivity index (χ2v) is 14.7. The average Bonchev–Trinajstić information content (AvgIpc) is 3.85. The molecule has 250 valence electrons. The fourth-order valence-corrected chi connectivity index (χ4v) is 6.40. The lowest BCUT2D eigenvalue weighted by Crippen LogP contribution is -2.43. The summed E-state index contributed by atoms with van der Waals surface area (Å²) < 4.78 is 11.2. The molecule has 4 heterocycles. The van der Waals surface area contributed by atoms with Crippen LogP contribution < -0.4 is 0 Å². The maximum Gasteiger partial charge on any atom is 0.410 e. The molecule has 2 aromatic carbocycles. The van der Waals surface area contributed by atoms with Crippen LogP contribution in [0.1, 0.15) is 102 Å². The molecule has 9 nitrogen and oxygen atoms in total. The Hall–Kier alpha value is -4.84. The molecule has 3 aromatic rings. The van der Waals surface area contributed by atoms with Crippen molar-refractivity contribution in [2.75, 3.05) is 13.1 Å². The number of rotatable bonds is 4. The Morgan fingerprint density at radius 3 is 1.92 bits per heavy atom. The van der Waals surface area contributed by atoms with Gasteiger partial charge in [-0.05, 0) is 108 Å². The number of hydrogen-bond donors (Lipinski definition) is 1.